The Kier molecular flexibility index (Phi) is 6.15. The number of amides is 1. The Hall–Kier alpha value is -1.79. The van der Waals surface area contributed by atoms with E-state index in [0.29, 0.717) is 6.54 Å². The molecule has 1 aromatic carbocycles. The van der Waals surface area contributed by atoms with Gasteiger partial charge in [0.15, 0.2) is 0 Å². The summed E-state index contributed by atoms with van der Waals surface area (Å²) in [4.78, 5) is 14.7. The number of hydrogen-bond donors (Lipinski definition) is 1. The molecule has 1 saturated heterocycles. The van der Waals surface area contributed by atoms with Gasteiger partial charge in [0.25, 0.3) is 5.91 Å². The van der Waals surface area contributed by atoms with Crippen molar-refractivity contribution in [3.63, 3.8) is 0 Å². The second-order valence-electron chi connectivity index (χ2n) is 6.36. The third-order valence-corrected chi connectivity index (χ3v) is 5.34. The van der Waals surface area contributed by atoms with Crippen molar-refractivity contribution in [1.29, 1.82) is 0 Å². The standard InChI is InChI=1S/C19H22F2N2OS/c20-15-5-6-16(17(21)11-15)19(24)22-12-18(14-7-10-25-13-14)23-8-3-1-2-4-9-23/h5-7,10-11,13,18H,1-4,8-9,12H2,(H,22,24). The summed E-state index contributed by atoms with van der Waals surface area (Å²) in [5, 5.41) is 6.95. The summed E-state index contributed by atoms with van der Waals surface area (Å²) < 4.78 is 26.8. The number of halogens is 2. The van der Waals surface area contributed by atoms with Crippen LogP contribution in [0.4, 0.5) is 8.78 Å². The van der Waals surface area contributed by atoms with Crippen LogP contribution in [0.5, 0.6) is 0 Å². The average molecular weight is 364 g/mol. The number of carbonyl (C=O) groups is 1. The van der Waals surface area contributed by atoms with Crippen molar-refractivity contribution in [3.05, 3.63) is 57.8 Å². The van der Waals surface area contributed by atoms with Gasteiger partial charge in [0.05, 0.1) is 11.6 Å². The van der Waals surface area contributed by atoms with Gasteiger partial charge in [-0.25, -0.2) is 8.78 Å². The Morgan fingerprint density at radius 3 is 2.56 bits per heavy atom. The van der Waals surface area contributed by atoms with Crippen LogP contribution < -0.4 is 5.32 Å². The van der Waals surface area contributed by atoms with Crippen molar-refractivity contribution >= 4 is 17.2 Å². The Balaban J connectivity index is 1.70. The van der Waals surface area contributed by atoms with E-state index in [2.05, 4.69) is 21.7 Å². The minimum atomic E-state index is -0.834. The van der Waals surface area contributed by atoms with E-state index in [9.17, 15) is 13.6 Å². The molecule has 1 atom stereocenters. The smallest absolute Gasteiger partial charge is 0.254 e. The highest BCUT2D eigenvalue weighted by atomic mass is 32.1. The third kappa shape index (κ3) is 4.64. The predicted octanol–water partition coefficient (Wildman–Crippen LogP) is 4.37. The molecule has 0 bridgehead atoms. The maximum absolute atomic E-state index is 13.8. The van der Waals surface area contributed by atoms with Crippen LogP contribution in [0.1, 0.15) is 47.6 Å². The molecule has 1 amide bonds. The van der Waals surface area contributed by atoms with E-state index in [1.165, 1.54) is 24.5 Å². The van der Waals surface area contributed by atoms with E-state index in [1.54, 1.807) is 11.3 Å². The van der Waals surface area contributed by atoms with E-state index < -0.39 is 17.5 Å². The van der Waals surface area contributed by atoms with Gasteiger partial charge in [-0.05, 0) is 60.5 Å². The Morgan fingerprint density at radius 2 is 1.92 bits per heavy atom. The van der Waals surface area contributed by atoms with Crippen molar-refractivity contribution in [3.8, 4) is 0 Å². The molecule has 3 rings (SSSR count). The quantitative estimate of drug-likeness (QED) is 0.854. The van der Waals surface area contributed by atoms with Crippen LogP contribution in [0.15, 0.2) is 35.0 Å². The highest BCUT2D eigenvalue weighted by Gasteiger charge is 2.23. The fourth-order valence-corrected chi connectivity index (χ4v) is 3.99. The maximum atomic E-state index is 13.8. The Bertz CT molecular complexity index is 697. The molecule has 3 nitrogen and oxygen atoms in total. The Labute approximate surface area is 150 Å². The fraction of sp³-hybridized carbons (Fsp3) is 0.421. The van der Waals surface area contributed by atoms with E-state index in [-0.39, 0.29) is 11.6 Å². The van der Waals surface area contributed by atoms with E-state index in [4.69, 9.17) is 0 Å². The van der Waals surface area contributed by atoms with Crippen molar-refractivity contribution in [2.24, 2.45) is 0 Å². The van der Waals surface area contributed by atoms with Gasteiger partial charge in [-0.3, -0.25) is 9.69 Å². The van der Waals surface area contributed by atoms with Gasteiger partial charge in [-0.1, -0.05) is 12.8 Å². The third-order valence-electron chi connectivity index (χ3n) is 4.64. The topological polar surface area (TPSA) is 32.3 Å². The highest BCUT2D eigenvalue weighted by molar-refractivity contribution is 7.07. The lowest BCUT2D eigenvalue weighted by atomic mass is 10.1. The molecular weight excluding hydrogens is 342 g/mol. The lowest BCUT2D eigenvalue weighted by Crippen LogP contribution is -2.38. The summed E-state index contributed by atoms with van der Waals surface area (Å²) in [7, 11) is 0. The molecule has 6 heteroatoms. The number of rotatable bonds is 5. The molecule has 0 saturated carbocycles. The zero-order chi connectivity index (χ0) is 17.6. The molecule has 1 fully saturated rings. The van der Waals surface area contributed by atoms with Gasteiger partial charge < -0.3 is 5.32 Å². The number of benzene rings is 1. The molecule has 1 unspecified atom stereocenters. The lowest BCUT2D eigenvalue weighted by Gasteiger charge is -2.30. The van der Waals surface area contributed by atoms with Crippen LogP contribution in [0.2, 0.25) is 0 Å². The van der Waals surface area contributed by atoms with Crippen molar-refractivity contribution < 1.29 is 13.6 Å². The average Bonchev–Trinajstić information content (AvgIpc) is 2.98. The summed E-state index contributed by atoms with van der Waals surface area (Å²) in [5.74, 6) is -2.03. The highest BCUT2D eigenvalue weighted by Crippen LogP contribution is 2.25. The van der Waals surface area contributed by atoms with Gasteiger partial charge in [0.2, 0.25) is 0 Å². The van der Waals surface area contributed by atoms with Gasteiger partial charge in [0, 0.05) is 12.6 Å². The molecule has 0 aliphatic carbocycles. The number of hydrogen-bond acceptors (Lipinski definition) is 3. The molecule has 1 aliphatic rings. The number of carbonyl (C=O) groups excluding carboxylic acids is 1. The molecule has 0 radical (unpaired) electrons. The largest absolute Gasteiger partial charge is 0.350 e. The fourth-order valence-electron chi connectivity index (χ4n) is 3.29. The Morgan fingerprint density at radius 1 is 1.16 bits per heavy atom. The van der Waals surface area contributed by atoms with Crippen LogP contribution in [0.3, 0.4) is 0 Å². The van der Waals surface area contributed by atoms with Crippen LogP contribution in [0.25, 0.3) is 0 Å². The summed E-state index contributed by atoms with van der Waals surface area (Å²) in [6, 6.07) is 5.18. The number of nitrogens with zero attached hydrogens (tertiary/aromatic N) is 1. The van der Waals surface area contributed by atoms with E-state index in [0.717, 1.165) is 38.1 Å². The summed E-state index contributed by atoms with van der Waals surface area (Å²) >= 11 is 1.63. The normalized spacial score (nSPS) is 17.0. The summed E-state index contributed by atoms with van der Waals surface area (Å²) in [6.45, 7) is 2.41. The molecule has 1 N–H and O–H groups in total. The first-order valence-electron chi connectivity index (χ1n) is 8.64. The van der Waals surface area contributed by atoms with Gasteiger partial charge in [0.1, 0.15) is 11.6 Å². The molecule has 25 heavy (non-hydrogen) atoms. The first-order valence-corrected chi connectivity index (χ1v) is 9.59. The molecular formula is C19H22F2N2OS. The molecule has 2 aromatic rings. The minimum Gasteiger partial charge on any atom is -0.350 e. The molecule has 0 spiro atoms. The first-order chi connectivity index (χ1) is 12.1. The molecule has 134 valence electrons. The van der Waals surface area contributed by atoms with Crippen LogP contribution in [0, 0.1) is 11.6 Å². The number of nitrogens with one attached hydrogen (secondary N) is 1. The second kappa shape index (κ2) is 8.54. The molecule has 1 aliphatic heterocycles. The predicted molar refractivity (Wildman–Crippen MR) is 95.8 cm³/mol. The zero-order valence-electron chi connectivity index (χ0n) is 14.0. The molecule has 2 heterocycles. The minimum absolute atomic E-state index is 0.0804. The summed E-state index contributed by atoms with van der Waals surface area (Å²) in [6.07, 6.45) is 4.78. The second-order valence-corrected chi connectivity index (χ2v) is 7.14. The van der Waals surface area contributed by atoms with Crippen molar-refractivity contribution in [2.45, 2.75) is 31.7 Å². The van der Waals surface area contributed by atoms with Crippen molar-refractivity contribution in [2.75, 3.05) is 19.6 Å². The number of thiophene rings is 1. The number of likely N-dealkylation sites (tertiary alicyclic amines) is 1. The van der Waals surface area contributed by atoms with Crippen molar-refractivity contribution in [1.82, 2.24) is 10.2 Å². The van der Waals surface area contributed by atoms with Crippen LogP contribution in [-0.4, -0.2) is 30.4 Å². The van der Waals surface area contributed by atoms with Gasteiger partial charge in [-0.2, -0.15) is 11.3 Å². The van der Waals surface area contributed by atoms with Gasteiger partial charge >= 0.3 is 0 Å². The SMILES string of the molecule is O=C(NCC(c1ccsc1)N1CCCCCC1)c1ccc(F)cc1F. The zero-order valence-corrected chi connectivity index (χ0v) is 14.8. The summed E-state index contributed by atoms with van der Waals surface area (Å²) in [5.41, 5.74) is 1.05. The van der Waals surface area contributed by atoms with E-state index in [1.807, 2.05) is 5.38 Å². The van der Waals surface area contributed by atoms with Crippen LogP contribution >= 0.6 is 11.3 Å². The lowest BCUT2D eigenvalue weighted by molar-refractivity contribution is 0.0929. The van der Waals surface area contributed by atoms with E-state index >= 15 is 0 Å². The van der Waals surface area contributed by atoms with Gasteiger partial charge in [-0.15, -0.1) is 0 Å². The maximum Gasteiger partial charge on any atom is 0.254 e. The first kappa shape index (κ1) is 18.0. The monoisotopic (exact) mass is 364 g/mol. The molecule has 1 aromatic heterocycles. The van der Waals surface area contributed by atoms with Crippen LogP contribution in [-0.2, 0) is 0 Å².